The first kappa shape index (κ1) is 14.7. The predicted molar refractivity (Wildman–Crippen MR) is 82.1 cm³/mol. The third-order valence-electron chi connectivity index (χ3n) is 4.05. The van der Waals surface area contributed by atoms with Crippen LogP contribution in [0.15, 0.2) is 24.3 Å². The van der Waals surface area contributed by atoms with Crippen LogP contribution in [0.1, 0.15) is 39.0 Å². The zero-order valence-electron chi connectivity index (χ0n) is 12.3. The van der Waals surface area contributed by atoms with Gasteiger partial charge in [0.15, 0.2) is 0 Å². The van der Waals surface area contributed by atoms with E-state index in [1.165, 1.54) is 39.2 Å². The molecule has 0 bridgehead atoms. The van der Waals surface area contributed by atoms with E-state index in [0.717, 1.165) is 17.3 Å². The largest absolute Gasteiger partial charge is 0.453 e. The van der Waals surface area contributed by atoms with Gasteiger partial charge in [0.05, 0.1) is 7.11 Å². The molecule has 0 aromatic heterocycles. The van der Waals surface area contributed by atoms with Crippen LogP contribution >= 0.6 is 0 Å². The molecular weight excluding hydrogens is 252 g/mol. The minimum Gasteiger partial charge on any atom is -0.453 e. The molecule has 1 amide bonds. The van der Waals surface area contributed by atoms with Gasteiger partial charge in [-0.3, -0.25) is 5.32 Å². The molecule has 0 heterocycles. The third kappa shape index (κ3) is 4.15. The molecule has 1 saturated carbocycles. The Labute approximate surface area is 120 Å². The van der Waals surface area contributed by atoms with Crippen LogP contribution in [-0.2, 0) is 4.74 Å². The Morgan fingerprint density at radius 1 is 1.25 bits per heavy atom. The summed E-state index contributed by atoms with van der Waals surface area (Å²) in [4.78, 5) is 11.1. The third-order valence-corrected chi connectivity index (χ3v) is 4.05. The summed E-state index contributed by atoms with van der Waals surface area (Å²) < 4.78 is 4.56. The minimum atomic E-state index is -0.441. The van der Waals surface area contributed by atoms with Crippen LogP contribution in [0.4, 0.5) is 16.2 Å². The molecule has 1 aromatic rings. The first-order valence-corrected chi connectivity index (χ1v) is 7.42. The van der Waals surface area contributed by atoms with Crippen LogP contribution < -0.4 is 10.6 Å². The maximum atomic E-state index is 11.1. The van der Waals surface area contributed by atoms with Gasteiger partial charge in [0.2, 0.25) is 0 Å². The molecule has 1 aliphatic carbocycles. The van der Waals surface area contributed by atoms with Gasteiger partial charge < -0.3 is 10.1 Å². The average Bonchev–Trinajstić information content (AvgIpc) is 2.49. The molecule has 1 aromatic carbocycles. The summed E-state index contributed by atoms with van der Waals surface area (Å²) in [5.74, 6) is 0.863. The second-order valence-corrected chi connectivity index (χ2v) is 5.48. The van der Waals surface area contributed by atoms with Gasteiger partial charge in [-0.2, -0.15) is 0 Å². The Bertz CT molecular complexity index is 431. The Kier molecular flexibility index (Phi) is 5.27. The molecule has 110 valence electrons. The van der Waals surface area contributed by atoms with Gasteiger partial charge in [-0.25, -0.2) is 4.79 Å². The lowest BCUT2D eigenvalue weighted by Crippen LogP contribution is -2.27. The number of rotatable bonds is 4. The van der Waals surface area contributed by atoms with Gasteiger partial charge in [-0.1, -0.05) is 26.2 Å². The van der Waals surface area contributed by atoms with Crippen LogP contribution in [0.5, 0.6) is 0 Å². The molecule has 4 nitrogen and oxygen atoms in total. The highest BCUT2D eigenvalue weighted by Gasteiger charge is 2.20. The van der Waals surface area contributed by atoms with E-state index in [1.807, 2.05) is 24.3 Å². The number of amides is 1. The van der Waals surface area contributed by atoms with Crippen molar-refractivity contribution in [2.24, 2.45) is 5.92 Å². The van der Waals surface area contributed by atoms with Gasteiger partial charge in [-0.15, -0.1) is 0 Å². The molecule has 2 N–H and O–H groups in total. The summed E-state index contributed by atoms with van der Waals surface area (Å²) in [6, 6.07) is 8.36. The Morgan fingerprint density at radius 3 is 2.60 bits per heavy atom. The number of anilines is 2. The van der Waals surface area contributed by atoms with E-state index in [1.54, 1.807) is 0 Å². The maximum absolute atomic E-state index is 11.1. The Balaban J connectivity index is 1.88. The number of nitrogens with one attached hydrogen (secondary N) is 2. The van der Waals surface area contributed by atoms with Crippen molar-refractivity contribution in [3.63, 3.8) is 0 Å². The van der Waals surface area contributed by atoms with Crippen molar-refractivity contribution in [1.82, 2.24) is 0 Å². The van der Waals surface area contributed by atoms with Crippen LogP contribution in [0.25, 0.3) is 0 Å². The fraction of sp³-hybridized carbons (Fsp3) is 0.562. The fourth-order valence-corrected chi connectivity index (χ4v) is 2.85. The van der Waals surface area contributed by atoms with Gasteiger partial charge in [0.25, 0.3) is 0 Å². The van der Waals surface area contributed by atoms with Gasteiger partial charge >= 0.3 is 6.09 Å². The molecule has 0 aliphatic heterocycles. The van der Waals surface area contributed by atoms with Crippen LogP contribution in [0, 0.1) is 5.92 Å². The summed E-state index contributed by atoms with van der Waals surface area (Å²) in [7, 11) is 1.36. The number of benzene rings is 1. The average molecular weight is 276 g/mol. The quantitative estimate of drug-likeness (QED) is 0.864. The summed E-state index contributed by atoms with van der Waals surface area (Å²) >= 11 is 0. The zero-order chi connectivity index (χ0) is 14.4. The summed E-state index contributed by atoms with van der Waals surface area (Å²) in [5, 5.41) is 6.25. The predicted octanol–water partition coefficient (Wildman–Crippen LogP) is 4.25. The number of hydrogen-bond acceptors (Lipinski definition) is 3. The van der Waals surface area contributed by atoms with Gasteiger partial charge in [0.1, 0.15) is 0 Å². The van der Waals surface area contributed by atoms with E-state index in [2.05, 4.69) is 22.3 Å². The summed E-state index contributed by atoms with van der Waals surface area (Å²) in [5.41, 5.74) is 1.86. The normalized spacial score (nSPS) is 22.1. The van der Waals surface area contributed by atoms with E-state index in [9.17, 15) is 4.79 Å². The van der Waals surface area contributed by atoms with Gasteiger partial charge in [0, 0.05) is 17.4 Å². The Morgan fingerprint density at radius 2 is 1.95 bits per heavy atom. The first-order chi connectivity index (χ1) is 9.71. The molecule has 0 spiro atoms. The van der Waals surface area contributed by atoms with Crippen molar-refractivity contribution >= 4 is 17.5 Å². The highest BCUT2D eigenvalue weighted by molar-refractivity contribution is 5.84. The van der Waals surface area contributed by atoms with E-state index in [-0.39, 0.29) is 0 Å². The number of methoxy groups -OCH3 is 1. The van der Waals surface area contributed by atoms with Crippen molar-refractivity contribution in [2.75, 3.05) is 17.7 Å². The van der Waals surface area contributed by atoms with E-state index in [4.69, 9.17) is 0 Å². The molecule has 0 radical (unpaired) electrons. The highest BCUT2D eigenvalue weighted by Crippen LogP contribution is 2.28. The number of ether oxygens (including phenoxy) is 1. The second kappa shape index (κ2) is 7.17. The molecule has 2 rings (SSSR count). The van der Waals surface area contributed by atoms with E-state index in [0.29, 0.717) is 6.04 Å². The fourth-order valence-electron chi connectivity index (χ4n) is 2.85. The van der Waals surface area contributed by atoms with Crippen LogP contribution in [0.3, 0.4) is 0 Å². The first-order valence-electron chi connectivity index (χ1n) is 7.42. The Hall–Kier alpha value is -1.71. The summed E-state index contributed by atoms with van der Waals surface area (Å²) in [6.45, 7) is 2.28. The topological polar surface area (TPSA) is 50.4 Å². The lowest BCUT2D eigenvalue weighted by Gasteiger charge is -2.29. The van der Waals surface area contributed by atoms with Crippen molar-refractivity contribution in [1.29, 1.82) is 0 Å². The summed E-state index contributed by atoms with van der Waals surface area (Å²) in [6.07, 6.45) is 6.04. The van der Waals surface area contributed by atoms with Crippen LogP contribution in [0.2, 0.25) is 0 Å². The van der Waals surface area contributed by atoms with E-state index >= 15 is 0 Å². The zero-order valence-corrected chi connectivity index (χ0v) is 12.3. The van der Waals surface area contributed by atoms with Gasteiger partial charge in [-0.05, 0) is 43.0 Å². The standard InChI is InChI=1S/C16H24N2O2/c1-3-12-5-4-6-15(11-12)17-13-7-9-14(10-8-13)18-16(19)20-2/h7-10,12,15,17H,3-6,11H2,1-2H3,(H,18,19). The minimum absolute atomic E-state index is 0.441. The SMILES string of the molecule is CCC1CCCC(Nc2ccc(NC(=O)OC)cc2)C1. The molecule has 0 saturated heterocycles. The van der Waals surface area contributed by atoms with Crippen molar-refractivity contribution < 1.29 is 9.53 Å². The molecule has 20 heavy (non-hydrogen) atoms. The second-order valence-electron chi connectivity index (χ2n) is 5.48. The molecule has 1 aliphatic rings. The monoisotopic (exact) mass is 276 g/mol. The number of carbonyl (C=O) groups excluding carboxylic acids is 1. The smallest absolute Gasteiger partial charge is 0.411 e. The van der Waals surface area contributed by atoms with Crippen LogP contribution in [-0.4, -0.2) is 19.2 Å². The van der Waals surface area contributed by atoms with E-state index < -0.39 is 6.09 Å². The maximum Gasteiger partial charge on any atom is 0.411 e. The highest BCUT2D eigenvalue weighted by atomic mass is 16.5. The van der Waals surface area contributed by atoms with Crippen molar-refractivity contribution in [3.8, 4) is 0 Å². The lowest BCUT2D eigenvalue weighted by atomic mass is 9.84. The number of carbonyl (C=O) groups is 1. The molecule has 2 atom stereocenters. The van der Waals surface area contributed by atoms with Crippen molar-refractivity contribution in [3.05, 3.63) is 24.3 Å². The molecule has 4 heteroatoms. The van der Waals surface area contributed by atoms with Crippen molar-refractivity contribution in [2.45, 2.75) is 45.1 Å². The molecule has 1 fully saturated rings. The number of hydrogen-bond donors (Lipinski definition) is 2. The molecule has 2 unspecified atom stereocenters. The lowest BCUT2D eigenvalue weighted by molar-refractivity contribution is 0.187. The molecular formula is C16H24N2O2.